The number of hydrogen-bond acceptors (Lipinski definition) is 4. The predicted octanol–water partition coefficient (Wildman–Crippen LogP) is 4.05. The molecule has 4 nitrogen and oxygen atoms in total. The van der Waals surface area contributed by atoms with Crippen molar-refractivity contribution in [1.82, 2.24) is 0 Å². The van der Waals surface area contributed by atoms with E-state index in [4.69, 9.17) is 0 Å². The standard InChI is InChI=1S/C12H7F6IO4/c1-2-7-3-5-8(6-4-7)19(22-9(20)11(13,14)15)23-10(21)12(16,17)18/h2-6H,1H2. The molecule has 1 aromatic rings. The Hall–Kier alpha value is -1.79. The fraction of sp³-hybridized carbons (Fsp3) is 0.167. The molecule has 0 aromatic heterocycles. The van der Waals surface area contributed by atoms with Crippen molar-refractivity contribution in [3.05, 3.63) is 40.0 Å². The zero-order valence-corrected chi connectivity index (χ0v) is 13.0. The van der Waals surface area contributed by atoms with E-state index in [0.717, 1.165) is 12.1 Å². The summed E-state index contributed by atoms with van der Waals surface area (Å²) in [4.78, 5) is 21.6. The van der Waals surface area contributed by atoms with Gasteiger partial charge in [0.05, 0.1) is 0 Å². The van der Waals surface area contributed by atoms with Crippen LogP contribution in [0.25, 0.3) is 6.08 Å². The Kier molecular flexibility index (Phi) is 6.02. The summed E-state index contributed by atoms with van der Waals surface area (Å²) in [5.74, 6) is -5.46. The molecule has 0 N–H and O–H groups in total. The van der Waals surface area contributed by atoms with Gasteiger partial charge in [0.15, 0.2) is 0 Å². The molecule has 0 unspecified atom stereocenters. The molecule has 0 aliphatic heterocycles. The van der Waals surface area contributed by atoms with E-state index in [1.165, 1.54) is 18.2 Å². The van der Waals surface area contributed by atoms with Gasteiger partial charge in [0.25, 0.3) is 0 Å². The summed E-state index contributed by atoms with van der Waals surface area (Å²) in [5, 5.41) is 0. The van der Waals surface area contributed by atoms with Crippen LogP contribution in [0.1, 0.15) is 5.56 Å². The third-order valence-electron chi connectivity index (χ3n) is 2.03. The van der Waals surface area contributed by atoms with Gasteiger partial charge in [-0.15, -0.1) is 0 Å². The Morgan fingerprint density at radius 2 is 1.30 bits per heavy atom. The molecule has 0 spiro atoms. The van der Waals surface area contributed by atoms with Crippen LogP contribution in [0.15, 0.2) is 30.8 Å². The van der Waals surface area contributed by atoms with Gasteiger partial charge in [-0.3, -0.25) is 0 Å². The first-order chi connectivity index (χ1) is 10.4. The summed E-state index contributed by atoms with van der Waals surface area (Å²) in [6.07, 6.45) is -9.49. The summed E-state index contributed by atoms with van der Waals surface area (Å²) in [7, 11) is 0. The topological polar surface area (TPSA) is 52.6 Å². The van der Waals surface area contributed by atoms with E-state index in [1.807, 2.05) is 0 Å². The summed E-state index contributed by atoms with van der Waals surface area (Å²) in [6, 6.07) is 4.79. The van der Waals surface area contributed by atoms with Gasteiger partial charge in [0, 0.05) is 0 Å². The SMILES string of the molecule is C=Cc1ccc(I(OC(=O)C(F)(F)F)OC(=O)C(F)(F)F)cc1. The van der Waals surface area contributed by atoms with Crippen LogP contribution in [0.4, 0.5) is 26.3 Å². The molecule has 0 saturated heterocycles. The number of carbonyl (C=O) groups is 2. The minimum atomic E-state index is -5.43. The zero-order valence-electron chi connectivity index (χ0n) is 10.9. The Morgan fingerprint density at radius 1 is 0.913 bits per heavy atom. The molecular formula is C12H7F6IO4. The van der Waals surface area contributed by atoms with Crippen molar-refractivity contribution in [2.75, 3.05) is 0 Å². The van der Waals surface area contributed by atoms with Crippen molar-refractivity contribution in [3.63, 3.8) is 0 Å². The molecule has 23 heavy (non-hydrogen) atoms. The van der Waals surface area contributed by atoms with Crippen molar-refractivity contribution >= 4 is 38.7 Å². The Labute approximate surface area is 133 Å². The maximum absolute atomic E-state index is 12.2. The minimum absolute atomic E-state index is 0.241. The number of benzene rings is 1. The Balaban J connectivity index is 3.07. The van der Waals surface area contributed by atoms with Gasteiger partial charge < -0.3 is 0 Å². The molecule has 0 radical (unpaired) electrons. The molecule has 1 rings (SSSR count). The second-order valence-electron chi connectivity index (χ2n) is 3.70. The van der Waals surface area contributed by atoms with E-state index in [2.05, 4.69) is 12.7 Å². The van der Waals surface area contributed by atoms with E-state index in [0.29, 0.717) is 5.56 Å². The molecule has 11 heteroatoms. The van der Waals surface area contributed by atoms with Gasteiger partial charge in [0.1, 0.15) is 0 Å². The second-order valence-corrected chi connectivity index (χ2v) is 7.06. The van der Waals surface area contributed by atoms with Crippen LogP contribution >= 0.6 is 20.6 Å². The maximum atomic E-state index is 12.2. The fourth-order valence-corrected chi connectivity index (χ4v) is 3.79. The van der Waals surface area contributed by atoms with Crippen LogP contribution in [-0.2, 0) is 15.7 Å². The normalized spacial score (nSPS) is 12.3. The monoisotopic (exact) mass is 456 g/mol. The van der Waals surface area contributed by atoms with Crippen molar-refractivity contribution < 1.29 is 42.1 Å². The number of alkyl halides is 6. The number of halogens is 7. The summed E-state index contributed by atoms with van der Waals surface area (Å²) in [5.41, 5.74) is 0.508. The molecule has 0 heterocycles. The van der Waals surface area contributed by atoms with Crippen molar-refractivity contribution in [3.8, 4) is 0 Å². The van der Waals surface area contributed by atoms with Gasteiger partial charge in [-0.1, -0.05) is 0 Å². The molecule has 128 valence electrons. The zero-order chi connectivity index (χ0) is 17.8. The quantitative estimate of drug-likeness (QED) is 0.507. The van der Waals surface area contributed by atoms with Crippen LogP contribution in [0.3, 0.4) is 0 Å². The van der Waals surface area contributed by atoms with Crippen molar-refractivity contribution in [2.45, 2.75) is 12.4 Å². The van der Waals surface area contributed by atoms with Gasteiger partial charge in [-0.05, 0) is 0 Å². The average molecular weight is 456 g/mol. The van der Waals surface area contributed by atoms with Gasteiger partial charge in [-0.2, -0.15) is 0 Å². The summed E-state index contributed by atoms with van der Waals surface area (Å²) in [6.45, 7) is 3.41. The van der Waals surface area contributed by atoms with Crippen LogP contribution in [0.5, 0.6) is 0 Å². The Bertz CT molecular complexity index is 565. The third-order valence-corrected chi connectivity index (χ3v) is 5.36. The molecule has 0 bridgehead atoms. The first-order valence-corrected chi connectivity index (χ1v) is 8.31. The summed E-state index contributed by atoms with van der Waals surface area (Å²) >= 11 is -4.32. The molecule has 0 aliphatic carbocycles. The van der Waals surface area contributed by atoms with Crippen LogP contribution < -0.4 is 0 Å². The predicted molar refractivity (Wildman–Crippen MR) is 73.5 cm³/mol. The van der Waals surface area contributed by atoms with E-state index >= 15 is 0 Å². The van der Waals surface area contributed by atoms with E-state index in [1.54, 1.807) is 0 Å². The second kappa shape index (κ2) is 7.19. The van der Waals surface area contributed by atoms with Gasteiger partial charge in [0.2, 0.25) is 0 Å². The van der Waals surface area contributed by atoms with Crippen LogP contribution in [0.2, 0.25) is 0 Å². The first kappa shape index (κ1) is 19.3. The molecule has 0 fully saturated rings. The van der Waals surface area contributed by atoms with E-state index in [-0.39, 0.29) is 3.57 Å². The molecule has 0 amide bonds. The van der Waals surface area contributed by atoms with Crippen molar-refractivity contribution in [2.24, 2.45) is 0 Å². The van der Waals surface area contributed by atoms with Gasteiger partial charge >= 0.3 is 133 Å². The van der Waals surface area contributed by atoms with Crippen LogP contribution in [0, 0.1) is 3.57 Å². The van der Waals surface area contributed by atoms with Crippen molar-refractivity contribution in [1.29, 1.82) is 0 Å². The van der Waals surface area contributed by atoms with Crippen LogP contribution in [-0.4, -0.2) is 24.3 Å². The number of carbonyl (C=O) groups excluding carboxylic acids is 2. The number of rotatable bonds is 4. The first-order valence-electron chi connectivity index (χ1n) is 5.47. The average Bonchev–Trinajstić information content (AvgIpc) is 2.44. The molecule has 1 aromatic carbocycles. The molecule has 0 saturated carbocycles. The Morgan fingerprint density at radius 3 is 1.61 bits per heavy atom. The molecular weight excluding hydrogens is 449 g/mol. The molecule has 0 atom stereocenters. The van der Waals surface area contributed by atoms with E-state index < -0.39 is 44.9 Å². The fourth-order valence-electron chi connectivity index (χ4n) is 1.02. The number of hydrogen-bond donors (Lipinski definition) is 0. The van der Waals surface area contributed by atoms with E-state index in [9.17, 15) is 35.9 Å². The summed E-state index contributed by atoms with van der Waals surface area (Å²) < 4.78 is 80.8. The molecule has 0 aliphatic rings. The third kappa shape index (κ3) is 5.73. The van der Waals surface area contributed by atoms with Gasteiger partial charge in [-0.25, -0.2) is 0 Å².